The zero-order valence-corrected chi connectivity index (χ0v) is 29.1. The minimum absolute atomic E-state index is 0.106. The van der Waals surface area contributed by atoms with Gasteiger partial charge in [-0.15, -0.1) is 0 Å². The van der Waals surface area contributed by atoms with E-state index in [2.05, 4.69) is 54.6 Å². The number of hydrogen-bond acceptors (Lipinski definition) is 2. The minimum atomic E-state index is -0.134. The molecule has 2 nitrogen and oxygen atoms in total. The van der Waals surface area contributed by atoms with Gasteiger partial charge in [-0.05, 0) is 79.8 Å². The average Bonchev–Trinajstić information content (AvgIpc) is 3.67. The Bertz CT molecular complexity index is 3440. The molecule has 0 aliphatic rings. The molecule has 54 heavy (non-hydrogen) atoms. The Hall–Kier alpha value is -7.16. The minimum Gasteiger partial charge on any atom is -0.455 e. The summed E-state index contributed by atoms with van der Waals surface area (Å²) in [6.07, 6.45) is 0. The van der Waals surface area contributed by atoms with E-state index in [1.54, 1.807) is 0 Å². The maximum Gasteiger partial charge on any atom is 0.143 e. The number of benzene rings is 10. The van der Waals surface area contributed by atoms with Gasteiger partial charge < -0.3 is 9.32 Å². The zero-order chi connectivity index (χ0) is 39.1. The lowest BCUT2D eigenvalue weighted by molar-refractivity contribution is 0.674. The number of furan rings is 1. The Morgan fingerprint density at radius 1 is 0.352 bits per heavy atom. The molecule has 252 valence electrons. The number of fused-ring (bicyclic) bond motifs is 9. The lowest BCUT2D eigenvalue weighted by Gasteiger charge is -2.29. The van der Waals surface area contributed by atoms with Crippen LogP contribution in [0.15, 0.2) is 205 Å². The van der Waals surface area contributed by atoms with Gasteiger partial charge in [-0.25, -0.2) is 0 Å². The van der Waals surface area contributed by atoms with E-state index in [1.807, 2.05) is 126 Å². The van der Waals surface area contributed by atoms with Crippen molar-refractivity contribution in [2.24, 2.45) is 0 Å². The number of hydrogen-bond donors (Lipinski definition) is 0. The highest BCUT2D eigenvalue weighted by Gasteiger charge is 2.22. The number of para-hydroxylation sites is 2. The van der Waals surface area contributed by atoms with Crippen LogP contribution in [-0.2, 0) is 0 Å². The van der Waals surface area contributed by atoms with Crippen molar-refractivity contribution in [2.45, 2.75) is 0 Å². The Morgan fingerprint density at radius 3 is 1.74 bits per heavy atom. The van der Waals surface area contributed by atoms with Crippen LogP contribution < -0.4 is 4.90 Å². The van der Waals surface area contributed by atoms with Crippen LogP contribution in [0.25, 0.3) is 87.3 Å². The third-order valence-corrected chi connectivity index (χ3v) is 10.7. The summed E-state index contributed by atoms with van der Waals surface area (Å²) in [4.78, 5) is 1.91. The van der Waals surface area contributed by atoms with Gasteiger partial charge in [0, 0.05) is 38.4 Å². The standard InChI is InChI=1S/C52H33NO/c1-4-15-41-36(12-1)23-24-39-33-38(28-31-42(39)41)34-25-29-40(30-26-34)53(49-22-9-14-35-11-2-5-16-43(35)49)50-21-8-7-18-45(50)46-19-10-20-47-48-32-27-37-13-3-6-17-44(37)51(48)54-52(46)47/h1-33H/i25D,26D,29D,30D. The fraction of sp³-hybridized carbons (Fsp3) is 0. The van der Waals surface area contributed by atoms with Crippen molar-refractivity contribution >= 4 is 82.1 Å². The van der Waals surface area contributed by atoms with Gasteiger partial charge >= 0.3 is 0 Å². The van der Waals surface area contributed by atoms with E-state index in [1.165, 1.54) is 0 Å². The van der Waals surface area contributed by atoms with Crippen LogP contribution in [0, 0.1) is 0 Å². The molecule has 1 aromatic heterocycles. The molecule has 1 heterocycles. The summed E-state index contributed by atoms with van der Waals surface area (Å²) in [5.41, 5.74) is 5.73. The second-order valence-electron chi connectivity index (χ2n) is 13.7. The molecule has 0 radical (unpaired) electrons. The van der Waals surface area contributed by atoms with Gasteiger partial charge in [0.15, 0.2) is 0 Å². The van der Waals surface area contributed by atoms with Gasteiger partial charge in [-0.1, -0.05) is 164 Å². The van der Waals surface area contributed by atoms with Crippen molar-refractivity contribution in [3.05, 3.63) is 200 Å². The third-order valence-electron chi connectivity index (χ3n) is 10.7. The Morgan fingerprint density at radius 2 is 0.889 bits per heavy atom. The summed E-state index contributed by atoms with van der Waals surface area (Å²) in [5.74, 6) is 0. The highest BCUT2D eigenvalue weighted by Crippen LogP contribution is 2.46. The molecule has 0 fully saturated rings. The Kier molecular flexibility index (Phi) is 6.02. The van der Waals surface area contributed by atoms with Crippen molar-refractivity contribution in [2.75, 3.05) is 4.90 Å². The second kappa shape index (κ2) is 12.2. The fourth-order valence-corrected chi connectivity index (χ4v) is 8.14. The highest BCUT2D eigenvalue weighted by molar-refractivity contribution is 6.18. The predicted molar refractivity (Wildman–Crippen MR) is 229 cm³/mol. The smallest absolute Gasteiger partial charge is 0.143 e. The number of anilines is 3. The molecule has 2 heteroatoms. The van der Waals surface area contributed by atoms with Gasteiger partial charge in [-0.2, -0.15) is 0 Å². The summed E-state index contributed by atoms with van der Waals surface area (Å²) < 4.78 is 45.4. The second-order valence-corrected chi connectivity index (χ2v) is 13.7. The molecule has 0 spiro atoms. The predicted octanol–water partition coefficient (Wildman–Crippen LogP) is 15.0. The quantitative estimate of drug-likeness (QED) is 0.167. The molecule has 0 N–H and O–H groups in total. The summed E-state index contributed by atoms with van der Waals surface area (Å²) in [5, 5.41) is 10.3. The molecule has 0 saturated heterocycles. The van der Waals surface area contributed by atoms with Crippen LogP contribution in [0.5, 0.6) is 0 Å². The molecular formula is C52H33NO. The Balaban J connectivity index is 1.16. The maximum atomic E-state index is 9.74. The van der Waals surface area contributed by atoms with Crippen LogP contribution in [-0.4, -0.2) is 0 Å². The van der Waals surface area contributed by atoms with Crippen molar-refractivity contribution in [1.82, 2.24) is 0 Å². The van der Waals surface area contributed by atoms with E-state index >= 15 is 0 Å². The first-order valence-electron chi connectivity index (χ1n) is 20.2. The summed E-state index contributed by atoms with van der Waals surface area (Å²) in [7, 11) is 0. The van der Waals surface area contributed by atoms with Crippen molar-refractivity contribution in [3.8, 4) is 22.3 Å². The van der Waals surface area contributed by atoms with Gasteiger partial charge in [-0.3, -0.25) is 0 Å². The first kappa shape index (κ1) is 26.6. The fourth-order valence-electron chi connectivity index (χ4n) is 8.14. The van der Waals surface area contributed by atoms with Crippen LogP contribution in [0.3, 0.4) is 0 Å². The molecule has 0 saturated carbocycles. The first-order valence-corrected chi connectivity index (χ1v) is 18.2. The van der Waals surface area contributed by atoms with Crippen LogP contribution >= 0.6 is 0 Å². The molecule has 11 rings (SSSR count). The largest absolute Gasteiger partial charge is 0.455 e. The molecule has 0 aliphatic heterocycles. The molecule has 0 aliphatic carbocycles. The third kappa shape index (κ3) is 4.81. The Labute approximate surface area is 318 Å². The summed E-state index contributed by atoms with van der Waals surface area (Å²) >= 11 is 0. The molecule has 11 aromatic rings. The molecule has 0 atom stereocenters. The highest BCUT2D eigenvalue weighted by atomic mass is 16.3. The average molecular weight is 692 g/mol. The SMILES string of the molecule is [2H]c1c([2H])c(N(c2ccccc2-c2cccc3c2oc2c4ccccc4ccc32)c2cccc3ccccc23)c([2H])c([2H])c1-c1ccc2c(ccc3ccccc32)c1. The van der Waals surface area contributed by atoms with Crippen molar-refractivity contribution < 1.29 is 9.90 Å². The van der Waals surface area contributed by atoms with E-state index in [0.29, 0.717) is 11.3 Å². The van der Waals surface area contributed by atoms with E-state index in [9.17, 15) is 5.48 Å². The van der Waals surface area contributed by atoms with E-state index in [4.69, 9.17) is 4.42 Å². The van der Waals surface area contributed by atoms with E-state index < -0.39 is 0 Å². The van der Waals surface area contributed by atoms with Crippen LogP contribution in [0.1, 0.15) is 5.48 Å². The zero-order valence-electron chi connectivity index (χ0n) is 33.1. The van der Waals surface area contributed by atoms with Gasteiger partial charge in [0.05, 0.1) is 16.9 Å². The molecule has 10 aromatic carbocycles. The van der Waals surface area contributed by atoms with E-state index in [0.717, 1.165) is 81.8 Å². The first-order chi connectivity index (χ1) is 28.5. The van der Waals surface area contributed by atoms with Crippen molar-refractivity contribution in [3.63, 3.8) is 0 Å². The molecule has 0 unspecified atom stereocenters. The normalized spacial score (nSPS) is 12.7. The topological polar surface area (TPSA) is 16.4 Å². The summed E-state index contributed by atoms with van der Waals surface area (Å²) in [6.45, 7) is 0. The molecule has 0 bridgehead atoms. The van der Waals surface area contributed by atoms with Gasteiger partial charge in [0.25, 0.3) is 0 Å². The van der Waals surface area contributed by atoms with E-state index in [-0.39, 0.29) is 35.4 Å². The van der Waals surface area contributed by atoms with Crippen LogP contribution in [0.2, 0.25) is 0 Å². The number of nitrogens with zero attached hydrogens (tertiary/aromatic N) is 1. The lowest BCUT2D eigenvalue weighted by Crippen LogP contribution is -2.11. The van der Waals surface area contributed by atoms with Crippen LogP contribution in [0.4, 0.5) is 17.1 Å². The van der Waals surface area contributed by atoms with Crippen molar-refractivity contribution in [1.29, 1.82) is 0 Å². The lowest BCUT2D eigenvalue weighted by atomic mass is 9.96. The number of rotatable bonds is 5. The monoisotopic (exact) mass is 691 g/mol. The molecular weight excluding hydrogens is 655 g/mol. The molecule has 0 amide bonds. The maximum absolute atomic E-state index is 9.74. The summed E-state index contributed by atoms with van der Waals surface area (Å²) in [6, 6.07) is 58.5. The van der Waals surface area contributed by atoms with Gasteiger partial charge in [0.1, 0.15) is 11.2 Å². The van der Waals surface area contributed by atoms with Gasteiger partial charge in [0.2, 0.25) is 0 Å².